The van der Waals surface area contributed by atoms with Crippen LogP contribution >= 0.6 is 0 Å². The van der Waals surface area contributed by atoms with Crippen LogP contribution in [-0.2, 0) is 13.5 Å². The Morgan fingerprint density at radius 3 is 2.90 bits per heavy atom. The predicted octanol–water partition coefficient (Wildman–Crippen LogP) is 2.08. The number of nitrogens with one attached hydrogen (secondary N) is 1. The van der Waals surface area contributed by atoms with Crippen molar-refractivity contribution in [2.75, 3.05) is 0 Å². The zero-order valence-electron chi connectivity index (χ0n) is 12.2. The lowest BCUT2D eigenvalue weighted by Gasteiger charge is -2.18. The quantitative estimate of drug-likeness (QED) is 0.567. The Balaban J connectivity index is 2.18. The van der Waals surface area contributed by atoms with Gasteiger partial charge in [-0.05, 0) is 23.4 Å². The molecule has 0 saturated heterocycles. The average molecular weight is 281 g/mol. The number of aromatic nitrogens is 3. The van der Waals surface area contributed by atoms with E-state index in [-0.39, 0.29) is 6.04 Å². The molecule has 0 aliphatic carbocycles. The molecule has 0 aliphatic rings. The lowest BCUT2D eigenvalue weighted by molar-refractivity contribution is 0.635. The Kier molecular flexibility index (Phi) is 3.68. The second kappa shape index (κ2) is 5.63. The fourth-order valence-corrected chi connectivity index (χ4v) is 2.80. The highest BCUT2D eigenvalue weighted by Crippen LogP contribution is 2.29. The molecule has 3 aromatic rings. The predicted molar refractivity (Wildman–Crippen MR) is 83.5 cm³/mol. The monoisotopic (exact) mass is 281 g/mol. The maximum Gasteiger partial charge on any atom is 0.0750 e. The Labute approximate surface area is 123 Å². The van der Waals surface area contributed by atoms with E-state index in [1.807, 2.05) is 36.3 Å². The van der Waals surface area contributed by atoms with Crippen molar-refractivity contribution in [3.63, 3.8) is 0 Å². The van der Waals surface area contributed by atoms with Crippen molar-refractivity contribution >= 4 is 10.8 Å². The van der Waals surface area contributed by atoms with Crippen LogP contribution in [0.4, 0.5) is 0 Å². The van der Waals surface area contributed by atoms with Gasteiger partial charge in [0.05, 0.1) is 11.7 Å². The van der Waals surface area contributed by atoms with E-state index in [4.69, 9.17) is 5.84 Å². The maximum absolute atomic E-state index is 5.85. The highest BCUT2D eigenvalue weighted by Gasteiger charge is 2.20. The molecule has 0 spiro atoms. The van der Waals surface area contributed by atoms with Crippen LogP contribution in [0.1, 0.15) is 29.8 Å². The molecule has 0 fully saturated rings. The first-order valence-electron chi connectivity index (χ1n) is 7.05. The van der Waals surface area contributed by atoms with Gasteiger partial charge in [0.2, 0.25) is 0 Å². The third-order valence-corrected chi connectivity index (χ3v) is 3.78. The number of nitrogens with zero attached hydrogens (tertiary/aromatic N) is 3. The summed E-state index contributed by atoms with van der Waals surface area (Å²) in [7, 11) is 1.93. The lowest BCUT2D eigenvalue weighted by atomic mass is 9.95. The van der Waals surface area contributed by atoms with Crippen LogP contribution in [0.15, 0.2) is 42.9 Å². The molecule has 0 aliphatic heterocycles. The van der Waals surface area contributed by atoms with Gasteiger partial charge in [0.1, 0.15) is 0 Å². The first kappa shape index (κ1) is 13.7. The largest absolute Gasteiger partial charge is 0.275 e. The highest BCUT2D eigenvalue weighted by atomic mass is 15.3. The fraction of sp³-hybridized carbons (Fsp3) is 0.250. The van der Waals surface area contributed by atoms with Crippen LogP contribution in [0.3, 0.4) is 0 Å². The molecule has 1 aromatic carbocycles. The summed E-state index contributed by atoms with van der Waals surface area (Å²) in [6.07, 6.45) is 6.59. The number of pyridine rings is 1. The summed E-state index contributed by atoms with van der Waals surface area (Å²) in [5.74, 6) is 5.85. The fourth-order valence-electron chi connectivity index (χ4n) is 2.80. The van der Waals surface area contributed by atoms with Gasteiger partial charge in [0, 0.05) is 36.6 Å². The normalized spacial score (nSPS) is 12.7. The van der Waals surface area contributed by atoms with Crippen molar-refractivity contribution in [1.29, 1.82) is 0 Å². The molecule has 1 unspecified atom stereocenters. The molecule has 0 radical (unpaired) electrons. The SMILES string of the molecule is CCc1nn(C)cc1C(NN)c1cccc2ccncc12. The van der Waals surface area contributed by atoms with Gasteiger partial charge in [0.25, 0.3) is 0 Å². The van der Waals surface area contributed by atoms with Gasteiger partial charge >= 0.3 is 0 Å². The molecule has 5 heteroatoms. The first-order valence-corrected chi connectivity index (χ1v) is 7.05. The minimum atomic E-state index is -0.0958. The van der Waals surface area contributed by atoms with E-state index in [1.165, 1.54) is 0 Å². The molecule has 3 rings (SSSR count). The van der Waals surface area contributed by atoms with Crippen molar-refractivity contribution in [3.05, 3.63) is 59.7 Å². The van der Waals surface area contributed by atoms with E-state index in [0.717, 1.165) is 34.0 Å². The standard InChI is InChI=1S/C16H19N5/c1-3-15-14(10-21(2)20-15)16(19-17)12-6-4-5-11-7-8-18-9-13(11)12/h4-10,16,19H,3,17H2,1-2H3. The van der Waals surface area contributed by atoms with Gasteiger partial charge in [-0.2, -0.15) is 5.10 Å². The van der Waals surface area contributed by atoms with Crippen LogP contribution in [0.5, 0.6) is 0 Å². The Morgan fingerprint density at radius 1 is 1.29 bits per heavy atom. The molecule has 108 valence electrons. The second-order valence-electron chi connectivity index (χ2n) is 5.10. The smallest absolute Gasteiger partial charge is 0.0750 e. The first-order chi connectivity index (χ1) is 10.2. The molecule has 2 heterocycles. The van der Waals surface area contributed by atoms with E-state index in [9.17, 15) is 0 Å². The number of hydrogen-bond acceptors (Lipinski definition) is 4. The lowest BCUT2D eigenvalue weighted by Crippen LogP contribution is -2.29. The van der Waals surface area contributed by atoms with Crippen molar-refractivity contribution in [2.24, 2.45) is 12.9 Å². The summed E-state index contributed by atoms with van der Waals surface area (Å²) < 4.78 is 1.84. The molecule has 3 N–H and O–H groups in total. The Morgan fingerprint density at radius 2 is 2.14 bits per heavy atom. The van der Waals surface area contributed by atoms with Crippen LogP contribution in [0.2, 0.25) is 0 Å². The molecule has 0 bridgehead atoms. The number of benzene rings is 1. The van der Waals surface area contributed by atoms with Crippen molar-refractivity contribution in [2.45, 2.75) is 19.4 Å². The number of nitrogens with two attached hydrogens (primary N) is 1. The van der Waals surface area contributed by atoms with Gasteiger partial charge < -0.3 is 0 Å². The highest BCUT2D eigenvalue weighted by molar-refractivity contribution is 5.85. The number of rotatable bonds is 4. The third kappa shape index (κ3) is 2.41. The molecular formula is C16H19N5. The van der Waals surface area contributed by atoms with Crippen molar-refractivity contribution in [3.8, 4) is 0 Å². The number of aryl methyl sites for hydroxylation is 2. The minimum Gasteiger partial charge on any atom is -0.275 e. The number of hydrogen-bond donors (Lipinski definition) is 2. The molecule has 5 nitrogen and oxygen atoms in total. The second-order valence-corrected chi connectivity index (χ2v) is 5.10. The van der Waals surface area contributed by atoms with Gasteiger partial charge in [0.15, 0.2) is 0 Å². The van der Waals surface area contributed by atoms with Crippen molar-refractivity contribution in [1.82, 2.24) is 20.2 Å². The zero-order chi connectivity index (χ0) is 14.8. The summed E-state index contributed by atoms with van der Waals surface area (Å²) in [6.45, 7) is 2.10. The molecule has 1 atom stereocenters. The molecule has 0 saturated carbocycles. The molecule has 0 amide bonds. The summed E-state index contributed by atoms with van der Waals surface area (Å²) in [4.78, 5) is 4.24. The Hall–Kier alpha value is -2.24. The van der Waals surface area contributed by atoms with Gasteiger partial charge in [-0.3, -0.25) is 15.5 Å². The van der Waals surface area contributed by atoms with Gasteiger partial charge in [-0.25, -0.2) is 5.43 Å². The molecule has 21 heavy (non-hydrogen) atoms. The third-order valence-electron chi connectivity index (χ3n) is 3.78. The topological polar surface area (TPSA) is 68.8 Å². The van der Waals surface area contributed by atoms with E-state index in [1.54, 1.807) is 6.20 Å². The molecule has 2 aromatic heterocycles. The van der Waals surface area contributed by atoms with E-state index in [0.29, 0.717) is 0 Å². The minimum absolute atomic E-state index is 0.0958. The number of hydrazine groups is 1. The summed E-state index contributed by atoms with van der Waals surface area (Å²) in [5.41, 5.74) is 6.22. The van der Waals surface area contributed by atoms with Gasteiger partial charge in [-0.15, -0.1) is 0 Å². The van der Waals surface area contributed by atoms with Gasteiger partial charge in [-0.1, -0.05) is 25.1 Å². The molecular weight excluding hydrogens is 262 g/mol. The maximum atomic E-state index is 5.85. The van der Waals surface area contributed by atoms with E-state index >= 15 is 0 Å². The summed E-state index contributed by atoms with van der Waals surface area (Å²) in [6, 6.07) is 8.13. The van der Waals surface area contributed by atoms with Crippen LogP contribution in [0, 0.1) is 0 Å². The van der Waals surface area contributed by atoms with Crippen LogP contribution in [-0.4, -0.2) is 14.8 Å². The average Bonchev–Trinajstić information content (AvgIpc) is 2.89. The van der Waals surface area contributed by atoms with E-state index in [2.05, 4.69) is 34.6 Å². The Bertz CT molecular complexity index is 757. The summed E-state index contributed by atoms with van der Waals surface area (Å²) >= 11 is 0. The van der Waals surface area contributed by atoms with Crippen LogP contribution in [0.25, 0.3) is 10.8 Å². The number of fused-ring (bicyclic) bond motifs is 1. The van der Waals surface area contributed by atoms with Crippen molar-refractivity contribution < 1.29 is 0 Å². The van der Waals surface area contributed by atoms with Crippen LogP contribution < -0.4 is 11.3 Å². The van der Waals surface area contributed by atoms with E-state index < -0.39 is 0 Å². The summed E-state index contributed by atoms with van der Waals surface area (Å²) in [5, 5.41) is 6.77. The zero-order valence-corrected chi connectivity index (χ0v) is 12.2.